The molecule has 0 aliphatic carbocycles. The molecule has 4 aromatic heterocycles. The van der Waals surface area contributed by atoms with Crippen molar-refractivity contribution in [3.8, 4) is 11.9 Å². The summed E-state index contributed by atoms with van der Waals surface area (Å²) in [6.45, 7) is 4.99. The number of aryl methyl sites for hydroxylation is 2. The molecule has 12 nitrogen and oxygen atoms in total. The van der Waals surface area contributed by atoms with Gasteiger partial charge in [0, 0.05) is 69.8 Å². The number of rotatable bonds is 8. The van der Waals surface area contributed by atoms with Gasteiger partial charge in [0.2, 0.25) is 5.95 Å². The number of piperidine rings is 1. The van der Waals surface area contributed by atoms with Crippen LogP contribution in [0.4, 0.5) is 21.8 Å². The molecule has 5 rings (SSSR count). The number of hydrogen-bond acceptors (Lipinski definition) is 9. The van der Waals surface area contributed by atoms with Crippen molar-refractivity contribution in [3.63, 3.8) is 0 Å². The number of nitrogens with zero attached hydrogens (tertiary/aromatic N) is 7. The second kappa shape index (κ2) is 11.1. The number of halogens is 1. The minimum absolute atomic E-state index is 0.221. The third-order valence-electron chi connectivity index (χ3n) is 7.00. The van der Waals surface area contributed by atoms with Crippen molar-refractivity contribution in [1.82, 2.24) is 35.3 Å². The fourth-order valence-electron chi connectivity index (χ4n) is 4.73. The van der Waals surface area contributed by atoms with E-state index in [0.717, 1.165) is 16.8 Å². The summed E-state index contributed by atoms with van der Waals surface area (Å²) in [6.07, 6.45) is 3.93. The van der Waals surface area contributed by atoms with Crippen LogP contribution in [0.25, 0.3) is 5.82 Å². The summed E-state index contributed by atoms with van der Waals surface area (Å²) in [5, 5.41) is 26.8. The first kappa shape index (κ1) is 26.8. The Morgan fingerprint density at radius 1 is 1.23 bits per heavy atom. The van der Waals surface area contributed by atoms with Crippen LogP contribution in [0, 0.1) is 31.1 Å². The molecule has 1 fully saturated rings. The fraction of sp³-hybridized carbons (Fsp3) is 0.333. The lowest BCUT2D eigenvalue weighted by Gasteiger charge is -2.40. The molecule has 1 aliphatic rings. The van der Waals surface area contributed by atoms with Gasteiger partial charge in [0.15, 0.2) is 11.6 Å². The molecule has 0 bridgehead atoms. The van der Waals surface area contributed by atoms with Gasteiger partial charge in [-0.05, 0) is 37.1 Å². The van der Waals surface area contributed by atoms with Crippen LogP contribution < -0.4 is 15.5 Å². The highest BCUT2D eigenvalue weighted by Gasteiger charge is 2.42. The molecule has 0 radical (unpaired) electrons. The van der Waals surface area contributed by atoms with Crippen molar-refractivity contribution in [2.45, 2.75) is 38.8 Å². The largest absolute Gasteiger partial charge is 0.368 e. The molecule has 0 atom stereocenters. The van der Waals surface area contributed by atoms with Crippen LogP contribution in [0.5, 0.6) is 0 Å². The number of amides is 1. The van der Waals surface area contributed by atoms with E-state index in [-0.39, 0.29) is 12.5 Å². The van der Waals surface area contributed by atoms with Gasteiger partial charge in [-0.2, -0.15) is 14.8 Å². The van der Waals surface area contributed by atoms with Crippen molar-refractivity contribution >= 4 is 23.4 Å². The van der Waals surface area contributed by atoms with Crippen LogP contribution in [-0.4, -0.2) is 61.7 Å². The molecule has 206 valence electrons. The molecule has 5 heterocycles. The Balaban J connectivity index is 1.24. The maximum absolute atomic E-state index is 13.3. The number of aromatic nitrogens is 6. The summed E-state index contributed by atoms with van der Waals surface area (Å²) in [5.74, 6) is 1.44. The Bertz CT molecular complexity index is 1550. The first-order valence-corrected chi connectivity index (χ1v) is 12.8. The zero-order valence-electron chi connectivity index (χ0n) is 22.4. The lowest BCUT2D eigenvalue weighted by atomic mass is 9.89. The maximum Gasteiger partial charge on any atom is 0.252 e. The standard InChI is InChI=1S/C27H29FN10O2/c1-17-12-22(32-23-13-18(2)34-35-23)33-25(20(17)14-29)37-10-7-27(40-3,8-11-37)26(39)31-16-19-4-5-24(30-15-19)38-9-6-21(28)36-38/h4-6,9,12-13,15H,7-8,10-11,16H2,1-3H3,(H,31,39)(H2,32,33,34,35). The van der Waals surface area contributed by atoms with Crippen LogP contribution in [0.1, 0.15) is 35.2 Å². The smallest absolute Gasteiger partial charge is 0.252 e. The summed E-state index contributed by atoms with van der Waals surface area (Å²) >= 11 is 0. The number of hydrogen-bond donors (Lipinski definition) is 3. The number of nitrogens with one attached hydrogen (secondary N) is 3. The Morgan fingerprint density at radius 2 is 2.02 bits per heavy atom. The molecule has 13 heteroatoms. The van der Waals surface area contributed by atoms with Gasteiger partial charge in [0.05, 0.1) is 5.56 Å². The number of aromatic amines is 1. The number of pyridine rings is 2. The van der Waals surface area contributed by atoms with E-state index in [0.29, 0.717) is 54.8 Å². The van der Waals surface area contributed by atoms with E-state index in [1.165, 1.54) is 24.1 Å². The van der Waals surface area contributed by atoms with Gasteiger partial charge in [0.25, 0.3) is 5.91 Å². The van der Waals surface area contributed by atoms with E-state index in [1.54, 1.807) is 18.3 Å². The molecule has 1 saturated heterocycles. The van der Waals surface area contributed by atoms with Crippen molar-refractivity contribution < 1.29 is 13.9 Å². The second-order valence-corrected chi connectivity index (χ2v) is 9.67. The minimum atomic E-state index is -1.01. The Kier molecular flexibility index (Phi) is 7.43. The topological polar surface area (TPSA) is 150 Å². The van der Waals surface area contributed by atoms with E-state index in [4.69, 9.17) is 9.72 Å². The van der Waals surface area contributed by atoms with Crippen LogP contribution in [0.3, 0.4) is 0 Å². The minimum Gasteiger partial charge on any atom is -0.368 e. The number of nitriles is 1. The van der Waals surface area contributed by atoms with Gasteiger partial charge in [-0.25, -0.2) is 14.6 Å². The van der Waals surface area contributed by atoms with E-state index < -0.39 is 11.5 Å². The highest BCUT2D eigenvalue weighted by atomic mass is 19.1. The zero-order chi connectivity index (χ0) is 28.3. The van der Waals surface area contributed by atoms with Crippen LogP contribution >= 0.6 is 0 Å². The van der Waals surface area contributed by atoms with Gasteiger partial charge in [0.1, 0.15) is 23.3 Å². The molecule has 0 unspecified atom stereocenters. The molecular weight excluding hydrogens is 515 g/mol. The molecule has 1 amide bonds. The van der Waals surface area contributed by atoms with Crippen molar-refractivity contribution in [2.75, 3.05) is 30.4 Å². The highest BCUT2D eigenvalue weighted by Crippen LogP contribution is 2.32. The van der Waals surface area contributed by atoms with Crippen LogP contribution in [0.15, 0.2) is 42.7 Å². The second-order valence-electron chi connectivity index (χ2n) is 9.67. The predicted molar refractivity (Wildman–Crippen MR) is 145 cm³/mol. The van der Waals surface area contributed by atoms with Crippen LogP contribution in [-0.2, 0) is 16.1 Å². The van der Waals surface area contributed by atoms with Gasteiger partial charge in [-0.1, -0.05) is 6.07 Å². The molecule has 4 aromatic rings. The average Bonchev–Trinajstić information content (AvgIpc) is 3.59. The first-order valence-electron chi connectivity index (χ1n) is 12.8. The summed E-state index contributed by atoms with van der Waals surface area (Å²) in [7, 11) is 1.54. The molecule has 0 aromatic carbocycles. The van der Waals surface area contributed by atoms with Gasteiger partial charge >= 0.3 is 0 Å². The summed E-state index contributed by atoms with van der Waals surface area (Å²) in [4.78, 5) is 24.3. The lowest BCUT2D eigenvalue weighted by molar-refractivity contribution is -0.146. The Morgan fingerprint density at radius 3 is 2.62 bits per heavy atom. The fourth-order valence-corrected chi connectivity index (χ4v) is 4.73. The average molecular weight is 545 g/mol. The summed E-state index contributed by atoms with van der Waals surface area (Å²) < 4.78 is 20.3. The first-order chi connectivity index (χ1) is 19.3. The maximum atomic E-state index is 13.3. The summed E-state index contributed by atoms with van der Waals surface area (Å²) in [5.41, 5.74) is 1.97. The number of H-pyrrole nitrogens is 1. The number of anilines is 3. The van der Waals surface area contributed by atoms with Gasteiger partial charge < -0.3 is 20.3 Å². The van der Waals surface area contributed by atoms with Crippen molar-refractivity contribution in [2.24, 2.45) is 0 Å². The number of carbonyl (C=O) groups excluding carboxylic acids is 1. The van der Waals surface area contributed by atoms with E-state index in [2.05, 4.69) is 37.0 Å². The van der Waals surface area contributed by atoms with E-state index in [9.17, 15) is 14.4 Å². The normalized spacial score (nSPS) is 14.5. The quantitative estimate of drug-likeness (QED) is 0.304. The van der Waals surface area contributed by atoms with Crippen LogP contribution in [0.2, 0.25) is 0 Å². The van der Waals surface area contributed by atoms with Gasteiger partial charge in [-0.3, -0.25) is 9.89 Å². The predicted octanol–water partition coefficient (Wildman–Crippen LogP) is 3.06. The SMILES string of the molecule is COC1(C(=O)NCc2ccc(-n3ccc(F)n3)nc2)CCN(c2nc(Nc3cc(C)[nH]n3)cc(C)c2C#N)CC1. The molecule has 40 heavy (non-hydrogen) atoms. The Labute approximate surface area is 230 Å². The monoisotopic (exact) mass is 544 g/mol. The molecule has 1 aliphatic heterocycles. The molecule has 0 saturated carbocycles. The van der Waals surface area contributed by atoms with Crippen molar-refractivity contribution in [1.29, 1.82) is 5.26 Å². The third kappa shape index (κ3) is 5.48. The number of carbonyl (C=O) groups is 1. The molecule has 3 N–H and O–H groups in total. The number of methoxy groups -OCH3 is 1. The highest BCUT2D eigenvalue weighted by molar-refractivity contribution is 5.85. The molecular formula is C27H29FN10O2. The summed E-state index contributed by atoms with van der Waals surface area (Å²) in [6, 6.07) is 10.7. The number of ether oxygens (including phenoxy) is 1. The third-order valence-corrected chi connectivity index (χ3v) is 7.00. The van der Waals surface area contributed by atoms with Gasteiger partial charge in [-0.15, -0.1) is 5.10 Å². The Hall–Kier alpha value is -4.83. The van der Waals surface area contributed by atoms with E-state index >= 15 is 0 Å². The zero-order valence-corrected chi connectivity index (χ0v) is 22.4. The van der Waals surface area contributed by atoms with E-state index in [1.807, 2.05) is 30.9 Å². The lowest BCUT2D eigenvalue weighted by Crippen LogP contribution is -2.55. The van der Waals surface area contributed by atoms with Crippen molar-refractivity contribution in [3.05, 3.63) is 71.1 Å². The molecule has 0 spiro atoms.